The third-order valence-corrected chi connectivity index (χ3v) is 4.08. The van der Waals surface area contributed by atoms with Crippen LogP contribution in [0.3, 0.4) is 0 Å². The van der Waals surface area contributed by atoms with Crippen LogP contribution in [0, 0.1) is 0 Å². The average Bonchev–Trinajstić information content (AvgIpc) is 2.68. The van der Waals surface area contributed by atoms with Gasteiger partial charge in [0.1, 0.15) is 30.4 Å². The standard InChI is InChI=1S/C20H26N2O4/c1-4-22(13-14-26-17-11-9-16(24-2)10-12-17)15-20(23)21-18-7-5-6-8-19(18)25-3/h5-12H,4,13-15H2,1-3H3,(H,21,23)/p+1. The summed E-state index contributed by atoms with van der Waals surface area (Å²) in [6, 6.07) is 14.9. The number of carbonyl (C=O) groups excluding carboxylic acids is 1. The van der Waals surface area contributed by atoms with Crippen LogP contribution in [-0.4, -0.2) is 46.4 Å². The van der Waals surface area contributed by atoms with Crippen LogP contribution < -0.4 is 24.4 Å². The number of ether oxygens (including phenoxy) is 3. The van der Waals surface area contributed by atoms with Crippen LogP contribution in [0.2, 0.25) is 0 Å². The fourth-order valence-electron chi connectivity index (χ4n) is 2.54. The molecule has 2 aromatic rings. The highest BCUT2D eigenvalue weighted by atomic mass is 16.5. The van der Waals surface area contributed by atoms with Crippen LogP contribution in [-0.2, 0) is 4.79 Å². The van der Waals surface area contributed by atoms with E-state index >= 15 is 0 Å². The zero-order chi connectivity index (χ0) is 18.8. The van der Waals surface area contributed by atoms with Gasteiger partial charge in [0.05, 0.1) is 26.5 Å². The molecule has 6 heteroatoms. The van der Waals surface area contributed by atoms with Crippen molar-refractivity contribution >= 4 is 11.6 Å². The van der Waals surface area contributed by atoms with Crippen LogP contribution in [0.25, 0.3) is 0 Å². The molecule has 0 spiro atoms. The second-order valence-electron chi connectivity index (χ2n) is 5.80. The van der Waals surface area contributed by atoms with Crippen molar-refractivity contribution in [3.8, 4) is 17.2 Å². The molecule has 140 valence electrons. The van der Waals surface area contributed by atoms with Gasteiger partial charge in [-0.15, -0.1) is 0 Å². The predicted molar refractivity (Wildman–Crippen MR) is 101 cm³/mol. The van der Waals surface area contributed by atoms with E-state index in [4.69, 9.17) is 14.2 Å². The fourth-order valence-corrected chi connectivity index (χ4v) is 2.54. The minimum atomic E-state index is -0.0456. The van der Waals surface area contributed by atoms with Gasteiger partial charge in [-0.05, 0) is 43.3 Å². The van der Waals surface area contributed by atoms with E-state index in [0.29, 0.717) is 24.6 Å². The number of amides is 1. The van der Waals surface area contributed by atoms with Crippen LogP contribution in [0.15, 0.2) is 48.5 Å². The van der Waals surface area contributed by atoms with Crippen molar-refractivity contribution in [2.24, 2.45) is 0 Å². The van der Waals surface area contributed by atoms with Crippen LogP contribution in [0.5, 0.6) is 17.2 Å². The Balaban J connectivity index is 1.79. The minimum absolute atomic E-state index is 0.0456. The Kier molecular flexibility index (Phi) is 7.76. The van der Waals surface area contributed by atoms with E-state index < -0.39 is 0 Å². The maximum atomic E-state index is 12.3. The normalized spacial score (nSPS) is 11.5. The summed E-state index contributed by atoms with van der Waals surface area (Å²) in [5.41, 5.74) is 0.685. The molecule has 2 aromatic carbocycles. The molecule has 1 atom stereocenters. The highest BCUT2D eigenvalue weighted by Crippen LogP contribution is 2.22. The molecule has 2 N–H and O–H groups in total. The molecule has 0 fully saturated rings. The molecule has 0 saturated carbocycles. The zero-order valence-electron chi connectivity index (χ0n) is 15.6. The number of hydrogen-bond acceptors (Lipinski definition) is 4. The molecular weight excluding hydrogens is 332 g/mol. The summed E-state index contributed by atoms with van der Waals surface area (Å²) in [6.45, 7) is 4.55. The number of para-hydroxylation sites is 2. The Morgan fingerprint density at radius 2 is 1.69 bits per heavy atom. The predicted octanol–water partition coefficient (Wildman–Crippen LogP) is 1.63. The van der Waals surface area contributed by atoms with Gasteiger partial charge >= 0.3 is 0 Å². The molecule has 0 aliphatic heterocycles. The smallest absolute Gasteiger partial charge is 0.279 e. The molecule has 0 saturated heterocycles. The Bertz CT molecular complexity index is 688. The molecule has 26 heavy (non-hydrogen) atoms. The third kappa shape index (κ3) is 5.97. The number of likely N-dealkylation sites (N-methyl/N-ethyl adjacent to an activating group) is 1. The zero-order valence-corrected chi connectivity index (χ0v) is 15.6. The maximum Gasteiger partial charge on any atom is 0.279 e. The van der Waals surface area contributed by atoms with Crippen molar-refractivity contribution in [1.82, 2.24) is 0 Å². The first-order valence-electron chi connectivity index (χ1n) is 8.69. The second-order valence-corrected chi connectivity index (χ2v) is 5.80. The van der Waals surface area contributed by atoms with Gasteiger partial charge in [-0.1, -0.05) is 12.1 Å². The highest BCUT2D eigenvalue weighted by molar-refractivity contribution is 5.92. The van der Waals surface area contributed by atoms with Gasteiger partial charge in [0.2, 0.25) is 0 Å². The molecule has 1 amide bonds. The van der Waals surface area contributed by atoms with E-state index in [-0.39, 0.29) is 5.91 Å². The van der Waals surface area contributed by atoms with Crippen LogP contribution in [0.4, 0.5) is 5.69 Å². The van der Waals surface area contributed by atoms with Gasteiger partial charge in [-0.2, -0.15) is 0 Å². The lowest BCUT2D eigenvalue weighted by molar-refractivity contribution is -0.889. The molecule has 6 nitrogen and oxygen atoms in total. The largest absolute Gasteiger partial charge is 0.497 e. The summed E-state index contributed by atoms with van der Waals surface area (Å²) in [7, 11) is 3.22. The molecular formula is C20H27N2O4+. The van der Waals surface area contributed by atoms with Crippen molar-refractivity contribution in [2.45, 2.75) is 6.92 Å². The van der Waals surface area contributed by atoms with Crippen molar-refractivity contribution in [3.05, 3.63) is 48.5 Å². The Hall–Kier alpha value is -2.73. The van der Waals surface area contributed by atoms with E-state index in [1.807, 2.05) is 48.5 Å². The molecule has 0 aromatic heterocycles. The van der Waals surface area contributed by atoms with Crippen molar-refractivity contribution in [2.75, 3.05) is 45.8 Å². The topological polar surface area (TPSA) is 61.2 Å². The first kappa shape index (κ1) is 19.6. The minimum Gasteiger partial charge on any atom is -0.497 e. The van der Waals surface area contributed by atoms with Gasteiger partial charge in [-0.25, -0.2) is 0 Å². The molecule has 2 rings (SSSR count). The lowest BCUT2D eigenvalue weighted by Crippen LogP contribution is -3.13. The van der Waals surface area contributed by atoms with Gasteiger partial charge < -0.3 is 24.4 Å². The summed E-state index contributed by atoms with van der Waals surface area (Å²) >= 11 is 0. The van der Waals surface area contributed by atoms with Gasteiger partial charge in [0.15, 0.2) is 6.54 Å². The summed E-state index contributed by atoms with van der Waals surface area (Å²) < 4.78 is 16.1. The number of hydrogen-bond donors (Lipinski definition) is 2. The average molecular weight is 359 g/mol. The van der Waals surface area contributed by atoms with Crippen LogP contribution >= 0.6 is 0 Å². The highest BCUT2D eigenvalue weighted by Gasteiger charge is 2.14. The third-order valence-electron chi connectivity index (χ3n) is 4.08. The molecule has 0 aliphatic carbocycles. The van der Waals surface area contributed by atoms with Gasteiger partial charge in [0.25, 0.3) is 5.91 Å². The lowest BCUT2D eigenvalue weighted by atomic mass is 10.3. The number of rotatable bonds is 10. The number of anilines is 1. The quantitative estimate of drug-likeness (QED) is 0.677. The molecule has 0 bridgehead atoms. The van der Waals surface area contributed by atoms with E-state index in [1.54, 1.807) is 14.2 Å². The number of benzene rings is 2. The molecule has 0 radical (unpaired) electrons. The maximum absolute atomic E-state index is 12.3. The molecule has 1 unspecified atom stereocenters. The summed E-state index contributed by atoms with van der Waals surface area (Å²) in [5, 5.41) is 2.91. The number of methoxy groups -OCH3 is 2. The first-order chi connectivity index (χ1) is 12.7. The Morgan fingerprint density at radius 1 is 1.00 bits per heavy atom. The van der Waals surface area contributed by atoms with E-state index in [0.717, 1.165) is 29.5 Å². The second kappa shape index (κ2) is 10.3. The van der Waals surface area contributed by atoms with Crippen molar-refractivity contribution in [1.29, 1.82) is 0 Å². The van der Waals surface area contributed by atoms with E-state index in [9.17, 15) is 4.79 Å². The molecule has 0 heterocycles. The van der Waals surface area contributed by atoms with Crippen LogP contribution in [0.1, 0.15) is 6.92 Å². The Labute approximate surface area is 154 Å². The van der Waals surface area contributed by atoms with Gasteiger partial charge in [0, 0.05) is 0 Å². The summed E-state index contributed by atoms with van der Waals surface area (Å²) in [6.07, 6.45) is 0. The summed E-state index contributed by atoms with van der Waals surface area (Å²) in [5.74, 6) is 2.20. The summed E-state index contributed by atoms with van der Waals surface area (Å²) in [4.78, 5) is 13.5. The first-order valence-corrected chi connectivity index (χ1v) is 8.69. The number of carbonyl (C=O) groups is 1. The van der Waals surface area contributed by atoms with Crippen molar-refractivity contribution < 1.29 is 23.9 Å². The Morgan fingerprint density at radius 3 is 2.35 bits per heavy atom. The van der Waals surface area contributed by atoms with Gasteiger partial charge in [-0.3, -0.25) is 4.79 Å². The van der Waals surface area contributed by atoms with E-state index in [1.165, 1.54) is 0 Å². The van der Waals surface area contributed by atoms with Crippen molar-refractivity contribution in [3.63, 3.8) is 0 Å². The lowest BCUT2D eigenvalue weighted by Gasteiger charge is -2.18. The molecule has 0 aliphatic rings. The number of quaternary nitrogens is 1. The SMILES string of the molecule is CC[NH+](CCOc1ccc(OC)cc1)CC(=O)Nc1ccccc1OC. The van der Waals surface area contributed by atoms with E-state index in [2.05, 4.69) is 12.2 Å². The fraction of sp³-hybridized carbons (Fsp3) is 0.350. The monoisotopic (exact) mass is 359 g/mol. The number of nitrogens with one attached hydrogen (secondary N) is 2.